The van der Waals surface area contributed by atoms with Gasteiger partial charge in [0.1, 0.15) is 22.2 Å². The molecule has 0 aliphatic carbocycles. The van der Waals surface area contributed by atoms with Gasteiger partial charge in [0.15, 0.2) is 0 Å². The van der Waals surface area contributed by atoms with Gasteiger partial charge in [-0.2, -0.15) is 0 Å². The van der Waals surface area contributed by atoms with E-state index >= 15 is 0 Å². The summed E-state index contributed by atoms with van der Waals surface area (Å²) in [6, 6.07) is 1.12. The summed E-state index contributed by atoms with van der Waals surface area (Å²) in [4.78, 5) is 11.4. The Balaban J connectivity index is 2.42. The number of thiol groups is 1. The van der Waals surface area contributed by atoms with Crippen molar-refractivity contribution in [1.29, 1.82) is 0 Å². The summed E-state index contributed by atoms with van der Waals surface area (Å²) in [5.41, 5.74) is -0.438. The number of carbonyl (C=O) groups excluding carboxylic acids is 1. The van der Waals surface area contributed by atoms with Crippen LogP contribution in [0.2, 0.25) is 0 Å². The van der Waals surface area contributed by atoms with Gasteiger partial charge in [0.25, 0.3) is 5.91 Å². The maximum Gasteiger partial charge on any atom is 0.259 e. The Morgan fingerprint density at radius 3 is 2.35 bits per heavy atom. The molecule has 1 saturated heterocycles. The molecule has 90 valence electrons. The minimum atomic E-state index is -1.05. The van der Waals surface area contributed by atoms with E-state index in [-0.39, 0.29) is 4.91 Å². The van der Waals surface area contributed by atoms with Crippen LogP contribution in [-0.4, -0.2) is 10.6 Å². The van der Waals surface area contributed by atoms with Crippen LogP contribution in [0, 0.1) is 17.5 Å². The van der Waals surface area contributed by atoms with Crippen molar-refractivity contribution in [3.63, 3.8) is 0 Å². The number of benzene rings is 1. The molecular weight excluding hydrogens is 271 g/mol. The summed E-state index contributed by atoms with van der Waals surface area (Å²) in [5.74, 6) is -3.56. The predicted molar refractivity (Wildman–Crippen MR) is 62.8 cm³/mol. The van der Waals surface area contributed by atoms with Crippen molar-refractivity contribution in [2.45, 2.75) is 4.71 Å². The molecule has 2 rings (SSSR count). The number of nitrogens with one attached hydrogen (secondary N) is 1. The zero-order valence-corrected chi connectivity index (χ0v) is 9.92. The van der Waals surface area contributed by atoms with Gasteiger partial charge in [0.2, 0.25) is 0 Å². The van der Waals surface area contributed by atoms with E-state index in [1.165, 1.54) is 0 Å². The lowest BCUT2D eigenvalue weighted by Crippen LogP contribution is -2.19. The molecule has 17 heavy (non-hydrogen) atoms. The molecule has 1 atom stereocenters. The van der Waals surface area contributed by atoms with E-state index in [2.05, 4.69) is 17.9 Å². The highest BCUT2D eigenvalue weighted by molar-refractivity contribution is 8.14. The molecule has 0 bridgehead atoms. The van der Waals surface area contributed by atoms with Crippen molar-refractivity contribution in [1.82, 2.24) is 5.32 Å². The van der Waals surface area contributed by atoms with Crippen LogP contribution >= 0.6 is 24.4 Å². The van der Waals surface area contributed by atoms with E-state index in [0.717, 1.165) is 17.8 Å². The van der Waals surface area contributed by atoms with Crippen LogP contribution < -0.4 is 5.32 Å². The molecule has 1 amide bonds. The average Bonchev–Trinajstić information content (AvgIpc) is 2.51. The zero-order chi connectivity index (χ0) is 12.6. The molecular formula is C10H6F3NOS2. The first-order valence-corrected chi connectivity index (χ1v) is 5.89. The van der Waals surface area contributed by atoms with Gasteiger partial charge in [-0.15, -0.1) is 12.6 Å². The number of carbonyl (C=O) groups is 1. The average molecular weight is 277 g/mol. The molecule has 7 heteroatoms. The fourth-order valence-electron chi connectivity index (χ4n) is 1.31. The van der Waals surface area contributed by atoms with Gasteiger partial charge >= 0.3 is 0 Å². The van der Waals surface area contributed by atoms with Crippen molar-refractivity contribution in [2.24, 2.45) is 0 Å². The van der Waals surface area contributed by atoms with Gasteiger partial charge in [0.05, 0.1) is 4.91 Å². The second kappa shape index (κ2) is 4.66. The van der Waals surface area contributed by atoms with Crippen LogP contribution in [0.3, 0.4) is 0 Å². The van der Waals surface area contributed by atoms with E-state index in [1.807, 2.05) is 0 Å². The molecule has 1 aromatic carbocycles. The Morgan fingerprint density at radius 2 is 1.88 bits per heavy atom. The predicted octanol–water partition coefficient (Wildman–Crippen LogP) is 2.52. The zero-order valence-electron chi connectivity index (χ0n) is 8.21. The molecule has 1 unspecified atom stereocenters. The van der Waals surface area contributed by atoms with Crippen molar-refractivity contribution < 1.29 is 18.0 Å². The van der Waals surface area contributed by atoms with Gasteiger partial charge in [-0.3, -0.25) is 4.79 Å². The van der Waals surface area contributed by atoms with Gasteiger partial charge in [-0.25, -0.2) is 13.2 Å². The van der Waals surface area contributed by atoms with Crippen LogP contribution in [0.5, 0.6) is 0 Å². The van der Waals surface area contributed by atoms with E-state index < -0.39 is 33.6 Å². The molecule has 1 heterocycles. The molecule has 0 spiro atoms. The summed E-state index contributed by atoms with van der Waals surface area (Å²) in [6.45, 7) is 0. The molecule has 1 fully saturated rings. The Kier molecular flexibility index (Phi) is 3.39. The topological polar surface area (TPSA) is 29.1 Å². The number of thioether (sulfide) groups is 1. The highest BCUT2D eigenvalue weighted by Crippen LogP contribution is 2.32. The number of rotatable bonds is 1. The van der Waals surface area contributed by atoms with Gasteiger partial charge in [-0.05, 0) is 6.08 Å². The number of hydrogen-bond acceptors (Lipinski definition) is 3. The van der Waals surface area contributed by atoms with Gasteiger partial charge < -0.3 is 5.32 Å². The summed E-state index contributed by atoms with van der Waals surface area (Å²) >= 11 is 5.02. The Hall–Kier alpha value is -1.08. The lowest BCUT2D eigenvalue weighted by Gasteiger charge is -2.00. The van der Waals surface area contributed by atoms with Crippen LogP contribution in [-0.2, 0) is 4.79 Å². The largest absolute Gasteiger partial charge is 0.331 e. The van der Waals surface area contributed by atoms with E-state index in [1.54, 1.807) is 0 Å². The van der Waals surface area contributed by atoms with Crippen LogP contribution in [0.4, 0.5) is 13.2 Å². The molecule has 1 aliphatic rings. The van der Waals surface area contributed by atoms with E-state index in [9.17, 15) is 18.0 Å². The quantitative estimate of drug-likeness (QED) is 0.610. The first-order chi connectivity index (χ1) is 7.97. The maximum absolute atomic E-state index is 13.3. The highest BCUT2D eigenvalue weighted by atomic mass is 32.2. The van der Waals surface area contributed by atoms with Crippen molar-refractivity contribution >= 4 is 36.4 Å². The summed E-state index contributed by atoms with van der Waals surface area (Å²) < 4.78 is 38.8. The summed E-state index contributed by atoms with van der Waals surface area (Å²) in [7, 11) is 0. The minimum absolute atomic E-state index is 0.134. The first-order valence-electron chi connectivity index (χ1n) is 4.49. The van der Waals surface area contributed by atoms with Crippen molar-refractivity contribution in [3.8, 4) is 0 Å². The third kappa shape index (κ3) is 2.61. The second-order valence-electron chi connectivity index (χ2n) is 3.24. The number of amides is 1. The molecule has 0 saturated carbocycles. The van der Waals surface area contributed by atoms with Gasteiger partial charge in [-0.1, -0.05) is 11.8 Å². The fourth-order valence-corrected chi connectivity index (χ4v) is 2.52. The minimum Gasteiger partial charge on any atom is -0.331 e. The Morgan fingerprint density at radius 1 is 1.29 bits per heavy atom. The standard InChI is InChI=1S/C10H6F3NOS2/c11-4-1-6(12)5(7(13)2-4)3-8-9(15)14-10(16)17-8/h1-3,10,16H,(H,14,15)/b8-3-. The molecule has 1 aliphatic heterocycles. The van der Waals surface area contributed by atoms with Crippen LogP contribution in [0.1, 0.15) is 5.56 Å². The monoisotopic (exact) mass is 277 g/mol. The Labute approximate surface area is 105 Å². The molecule has 1 N–H and O–H groups in total. The molecule has 0 radical (unpaired) electrons. The fraction of sp³-hybridized carbons (Fsp3) is 0.100. The third-order valence-electron chi connectivity index (χ3n) is 2.04. The smallest absolute Gasteiger partial charge is 0.259 e. The van der Waals surface area contributed by atoms with Gasteiger partial charge in [0, 0.05) is 17.7 Å². The first kappa shape index (κ1) is 12.4. The molecule has 1 aromatic rings. The van der Waals surface area contributed by atoms with Crippen LogP contribution in [0.15, 0.2) is 17.0 Å². The summed E-state index contributed by atoms with van der Waals surface area (Å²) in [6.07, 6.45) is 1.04. The number of halogens is 3. The van der Waals surface area contributed by atoms with E-state index in [0.29, 0.717) is 12.1 Å². The lowest BCUT2D eigenvalue weighted by atomic mass is 10.1. The second-order valence-corrected chi connectivity index (χ2v) is 5.25. The number of hydrogen-bond donors (Lipinski definition) is 2. The molecule has 0 aromatic heterocycles. The van der Waals surface area contributed by atoms with Crippen molar-refractivity contribution in [2.75, 3.05) is 0 Å². The molecule has 2 nitrogen and oxygen atoms in total. The van der Waals surface area contributed by atoms with Crippen molar-refractivity contribution in [3.05, 3.63) is 40.1 Å². The van der Waals surface area contributed by atoms with E-state index in [4.69, 9.17) is 0 Å². The third-order valence-corrected chi connectivity index (χ3v) is 3.38. The lowest BCUT2D eigenvalue weighted by molar-refractivity contribution is -0.116. The SMILES string of the molecule is O=C1NC(S)S/C1=C\c1c(F)cc(F)cc1F. The maximum atomic E-state index is 13.3. The Bertz CT molecular complexity index is 495. The summed E-state index contributed by atoms with van der Waals surface area (Å²) in [5, 5.41) is 2.44. The normalized spacial score (nSPS) is 22.0. The highest BCUT2D eigenvalue weighted by Gasteiger charge is 2.25. The van der Waals surface area contributed by atoms with Crippen LogP contribution in [0.25, 0.3) is 6.08 Å².